The molecule has 6 heteroatoms. The number of likely N-dealkylation sites (tertiary alicyclic amines) is 1. The van der Waals surface area contributed by atoms with Crippen molar-refractivity contribution in [3.8, 4) is 0 Å². The van der Waals surface area contributed by atoms with E-state index in [1.807, 2.05) is 28.0 Å². The summed E-state index contributed by atoms with van der Waals surface area (Å²) >= 11 is 0. The summed E-state index contributed by atoms with van der Waals surface area (Å²) in [4.78, 5) is 30.4. The Morgan fingerprint density at radius 1 is 1.07 bits per heavy atom. The summed E-state index contributed by atoms with van der Waals surface area (Å²) in [6, 6.07) is 10.2. The van der Waals surface area contributed by atoms with Crippen LogP contribution in [0.5, 0.6) is 0 Å². The first-order valence-electron chi connectivity index (χ1n) is 10.2. The summed E-state index contributed by atoms with van der Waals surface area (Å²) in [6.07, 6.45) is 6.64. The van der Waals surface area contributed by atoms with Crippen LogP contribution in [0.25, 0.3) is 6.08 Å². The van der Waals surface area contributed by atoms with Gasteiger partial charge in [0.05, 0.1) is 12.6 Å². The van der Waals surface area contributed by atoms with E-state index in [-0.39, 0.29) is 17.9 Å². The Labute approximate surface area is 167 Å². The van der Waals surface area contributed by atoms with Crippen LogP contribution in [0.3, 0.4) is 0 Å². The third-order valence-corrected chi connectivity index (χ3v) is 5.43. The van der Waals surface area contributed by atoms with Gasteiger partial charge in [0.1, 0.15) is 0 Å². The number of methoxy groups -OCH3 is 1. The Kier molecular flexibility index (Phi) is 7.62. The van der Waals surface area contributed by atoms with Gasteiger partial charge in [-0.3, -0.25) is 14.5 Å². The van der Waals surface area contributed by atoms with Gasteiger partial charge in [0, 0.05) is 52.8 Å². The monoisotopic (exact) mass is 385 g/mol. The lowest BCUT2D eigenvalue weighted by atomic mass is 10.2. The summed E-state index contributed by atoms with van der Waals surface area (Å²) in [5.41, 5.74) is 1.16. The summed E-state index contributed by atoms with van der Waals surface area (Å²) in [5, 5.41) is 0. The van der Waals surface area contributed by atoms with Crippen molar-refractivity contribution in [2.45, 2.75) is 25.4 Å². The SMILES string of the molecule is CO[C@@H]1CN(C/C=C/c2ccccc2)CC(=O)N(CCCN2CCCC2=O)C1. The molecule has 1 aromatic rings. The van der Waals surface area contributed by atoms with Gasteiger partial charge in [-0.1, -0.05) is 42.5 Å². The maximum Gasteiger partial charge on any atom is 0.236 e. The molecule has 6 nitrogen and oxygen atoms in total. The van der Waals surface area contributed by atoms with Crippen LogP contribution in [0.1, 0.15) is 24.8 Å². The summed E-state index contributed by atoms with van der Waals surface area (Å²) in [5.74, 6) is 0.383. The number of rotatable bonds is 8. The topological polar surface area (TPSA) is 53.1 Å². The van der Waals surface area contributed by atoms with Gasteiger partial charge in [-0.2, -0.15) is 0 Å². The van der Waals surface area contributed by atoms with Gasteiger partial charge in [-0.05, 0) is 18.4 Å². The fourth-order valence-electron chi connectivity index (χ4n) is 3.85. The molecule has 2 saturated heterocycles. The average molecular weight is 386 g/mol. The van der Waals surface area contributed by atoms with Crippen molar-refractivity contribution in [3.63, 3.8) is 0 Å². The number of carbonyl (C=O) groups excluding carboxylic acids is 2. The molecular formula is C22H31N3O3. The Bertz CT molecular complexity index is 677. The number of amides is 2. The zero-order valence-corrected chi connectivity index (χ0v) is 16.8. The Morgan fingerprint density at radius 2 is 1.86 bits per heavy atom. The van der Waals surface area contributed by atoms with Crippen LogP contribution < -0.4 is 0 Å². The number of ether oxygens (including phenoxy) is 1. The number of benzene rings is 1. The third kappa shape index (κ3) is 5.91. The van der Waals surface area contributed by atoms with Crippen LogP contribution in [0.4, 0.5) is 0 Å². The maximum absolute atomic E-state index is 12.7. The highest BCUT2D eigenvalue weighted by atomic mass is 16.5. The van der Waals surface area contributed by atoms with E-state index in [0.29, 0.717) is 26.1 Å². The second-order valence-corrected chi connectivity index (χ2v) is 7.54. The lowest BCUT2D eigenvalue weighted by Gasteiger charge is -2.24. The molecule has 0 aromatic heterocycles. The summed E-state index contributed by atoms with van der Waals surface area (Å²) in [6.45, 7) is 4.75. The molecule has 1 aromatic carbocycles. The van der Waals surface area contributed by atoms with Crippen LogP contribution in [-0.4, -0.2) is 85.5 Å². The number of nitrogens with zero attached hydrogens (tertiary/aromatic N) is 3. The minimum Gasteiger partial charge on any atom is -0.378 e. The number of carbonyl (C=O) groups is 2. The second kappa shape index (κ2) is 10.4. The third-order valence-electron chi connectivity index (χ3n) is 5.43. The van der Waals surface area contributed by atoms with Crippen LogP contribution in [0.15, 0.2) is 36.4 Å². The zero-order chi connectivity index (χ0) is 19.8. The molecule has 2 heterocycles. The van der Waals surface area contributed by atoms with Gasteiger partial charge in [-0.15, -0.1) is 0 Å². The predicted molar refractivity (Wildman–Crippen MR) is 110 cm³/mol. The van der Waals surface area contributed by atoms with Crippen molar-refractivity contribution >= 4 is 17.9 Å². The molecule has 1 atom stereocenters. The van der Waals surface area contributed by atoms with Crippen LogP contribution in [0, 0.1) is 0 Å². The molecule has 3 rings (SSSR count). The molecule has 0 radical (unpaired) electrons. The lowest BCUT2D eigenvalue weighted by Crippen LogP contribution is -2.39. The van der Waals surface area contributed by atoms with E-state index in [1.165, 1.54) is 0 Å². The Hall–Kier alpha value is -2.18. The summed E-state index contributed by atoms with van der Waals surface area (Å²) < 4.78 is 5.62. The van der Waals surface area contributed by atoms with Crippen LogP contribution in [-0.2, 0) is 14.3 Å². The van der Waals surface area contributed by atoms with Crippen LogP contribution >= 0.6 is 0 Å². The van der Waals surface area contributed by atoms with Gasteiger partial charge in [0.15, 0.2) is 0 Å². The number of hydrogen-bond acceptors (Lipinski definition) is 4. The molecule has 2 amide bonds. The number of hydrogen-bond donors (Lipinski definition) is 0. The minimum atomic E-state index is 0.00462. The van der Waals surface area contributed by atoms with E-state index < -0.39 is 0 Å². The fourth-order valence-corrected chi connectivity index (χ4v) is 3.85. The predicted octanol–water partition coefficient (Wildman–Crippen LogP) is 1.87. The van der Waals surface area contributed by atoms with E-state index in [2.05, 4.69) is 29.2 Å². The average Bonchev–Trinajstić information content (AvgIpc) is 3.04. The molecule has 0 spiro atoms. The summed E-state index contributed by atoms with van der Waals surface area (Å²) in [7, 11) is 1.71. The van der Waals surface area contributed by atoms with Gasteiger partial charge < -0.3 is 14.5 Å². The molecule has 28 heavy (non-hydrogen) atoms. The highest BCUT2D eigenvalue weighted by Crippen LogP contribution is 2.12. The second-order valence-electron chi connectivity index (χ2n) is 7.54. The van der Waals surface area contributed by atoms with Gasteiger partial charge in [0.2, 0.25) is 11.8 Å². The zero-order valence-electron chi connectivity index (χ0n) is 16.8. The molecule has 152 valence electrons. The van der Waals surface area contributed by atoms with Crippen molar-refractivity contribution < 1.29 is 14.3 Å². The maximum atomic E-state index is 12.7. The quantitative estimate of drug-likeness (QED) is 0.686. The molecule has 0 saturated carbocycles. The minimum absolute atomic E-state index is 0.00462. The molecule has 2 fully saturated rings. The fraction of sp³-hybridized carbons (Fsp3) is 0.545. The van der Waals surface area contributed by atoms with E-state index in [9.17, 15) is 9.59 Å². The van der Waals surface area contributed by atoms with E-state index >= 15 is 0 Å². The Morgan fingerprint density at radius 3 is 2.57 bits per heavy atom. The Balaban J connectivity index is 1.50. The lowest BCUT2D eigenvalue weighted by molar-refractivity contribution is -0.131. The van der Waals surface area contributed by atoms with Crippen molar-refractivity contribution in [2.24, 2.45) is 0 Å². The molecule has 2 aliphatic rings. The highest BCUT2D eigenvalue weighted by molar-refractivity contribution is 5.79. The van der Waals surface area contributed by atoms with E-state index in [4.69, 9.17) is 4.74 Å². The molecule has 2 aliphatic heterocycles. The van der Waals surface area contributed by atoms with Crippen molar-refractivity contribution in [1.82, 2.24) is 14.7 Å². The van der Waals surface area contributed by atoms with Crippen molar-refractivity contribution in [1.29, 1.82) is 0 Å². The van der Waals surface area contributed by atoms with E-state index in [0.717, 1.165) is 44.6 Å². The smallest absolute Gasteiger partial charge is 0.236 e. The highest BCUT2D eigenvalue weighted by Gasteiger charge is 2.27. The van der Waals surface area contributed by atoms with Gasteiger partial charge in [0.25, 0.3) is 0 Å². The normalized spacial score (nSPS) is 21.7. The van der Waals surface area contributed by atoms with Crippen LogP contribution in [0.2, 0.25) is 0 Å². The van der Waals surface area contributed by atoms with E-state index in [1.54, 1.807) is 7.11 Å². The largest absolute Gasteiger partial charge is 0.378 e. The molecule has 0 N–H and O–H groups in total. The molecule has 0 aliphatic carbocycles. The molecule has 0 bridgehead atoms. The molecule has 0 unspecified atom stereocenters. The first-order valence-corrected chi connectivity index (χ1v) is 10.2. The van der Waals surface area contributed by atoms with Crippen molar-refractivity contribution in [3.05, 3.63) is 42.0 Å². The van der Waals surface area contributed by atoms with Crippen molar-refractivity contribution in [2.75, 3.05) is 52.9 Å². The van der Waals surface area contributed by atoms with Gasteiger partial charge >= 0.3 is 0 Å². The first-order chi connectivity index (χ1) is 13.7. The standard InChI is InChI=1S/C22H31N3O3/c1-28-20-16-23(12-5-10-19-8-3-2-4-9-19)18-22(27)25(17-20)15-7-14-24-13-6-11-21(24)26/h2-5,8-10,20H,6-7,11-18H2,1H3/b10-5+/t20-/m1/s1. The molecular weight excluding hydrogens is 354 g/mol. The first kappa shape index (κ1) is 20.6. The van der Waals surface area contributed by atoms with Gasteiger partial charge in [-0.25, -0.2) is 0 Å².